The molecule has 1 saturated heterocycles. The molecule has 0 amide bonds. The van der Waals surface area contributed by atoms with Crippen molar-refractivity contribution in [2.45, 2.75) is 25.6 Å². The smallest absolute Gasteiger partial charge is 0.252 e. The minimum absolute atomic E-state index is 0.0403. The summed E-state index contributed by atoms with van der Waals surface area (Å²) >= 11 is 0. The quantitative estimate of drug-likeness (QED) is 0.746. The summed E-state index contributed by atoms with van der Waals surface area (Å²) in [6.45, 7) is 3.73. The molecule has 1 aromatic carbocycles. The molecule has 0 radical (unpaired) electrons. The van der Waals surface area contributed by atoms with Crippen LogP contribution < -0.4 is 10.3 Å². The van der Waals surface area contributed by atoms with Gasteiger partial charge in [0.15, 0.2) is 0 Å². The van der Waals surface area contributed by atoms with Crippen molar-refractivity contribution in [1.29, 1.82) is 0 Å². The van der Waals surface area contributed by atoms with Crippen molar-refractivity contribution in [3.63, 3.8) is 0 Å². The van der Waals surface area contributed by atoms with Crippen molar-refractivity contribution in [3.05, 3.63) is 58.6 Å². The zero-order valence-corrected chi connectivity index (χ0v) is 15.4. The predicted octanol–water partition coefficient (Wildman–Crippen LogP) is 2.02. The molecule has 3 heterocycles. The van der Waals surface area contributed by atoms with Crippen molar-refractivity contribution in [3.8, 4) is 5.75 Å². The van der Waals surface area contributed by atoms with E-state index in [1.807, 2.05) is 41.2 Å². The van der Waals surface area contributed by atoms with E-state index in [-0.39, 0.29) is 11.7 Å². The molecule has 0 bridgehead atoms. The number of pyridine rings is 1. The molecule has 4 rings (SSSR count). The first-order chi connectivity index (χ1) is 13.2. The number of fused-ring (bicyclic) bond motifs is 1. The molecular weight excluding hydrogens is 344 g/mol. The maximum Gasteiger partial charge on any atom is 0.252 e. The van der Waals surface area contributed by atoms with Crippen molar-refractivity contribution in [2.75, 3.05) is 26.8 Å². The summed E-state index contributed by atoms with van der Waals surface area (Å²) in [6, 6.07) is 9.55. The van der Waals surface area contributed by atoms with Crippen molar-refractivity contribution in [2.24, 2.45) is 0 Å². The number of benzene rings is 1. The maximum atomic E-state index is 12.5. The summed E-state index contributed by atoms with van der Waals surface area (Å²) in [5.74, 6) is 0.781. The molecule has 1 aliphatic rings. The van der Waals surface area contributed by atoms with Gasteiger partial charge in [-0.15, -0.1) is 0 Å². The Hall–Kier alpha value is -2.64. The summed E-state index contributed by atoms with van der Waals surface area (Å²) in [7, 11) is 1.64. The molecule has 142 valence electrons. The number of nitrogens with zero attached hydrogens (tertiary/aromatic N) is 3. The highest BCUT2D eigenvalue weighted by molar-refractivity contribution is 5.80. The summed E-state index contributed by atoms with van der Waals surface area (Å²) in [5.41, 5.74) is 1.54. The number of hydrogen-bond donors (Lipinski definition) is 1. The Labute approximate surface area is 157 Å². The predicted molar refractivity (Wildman–Crippen MR) is 103 cm³/mol. The van der Waals surface area contributed by atoms with Crippen LogP contribution in [0.4, 0.5) is 0 Å². The Morgan fingerprint density at radius 2 is 2.30 bits per heavy atom. The van der Waals surface area contributed by atoms with E-state index in [1.165, 1.54) is 0 Å². The van der Waals surface area contributed by atoms with Crippen LogP contribution in [0.2, 0.25) is 0 Å². The zero-order valence-electron chi connectivity index (χ0n) is 15.4. The van der Waals surface area contributed by atoms with E-state index in [2.05, 4.69) is 15.0 Å². The second-order valence-corrected chi connectivity index (χ2v) is 6.89. The summed E-state index contributed by atoms with van der Waals surface area (Å²) in [6.07, 6.45) is 4.73. The van der Waals surface area contributed by atoms with Crippen LogP contribution in [0.25, 0.3) is 10.9 Å². The second kappa shape index (κ2) is 7.94. The molecule has 7 heteroatoms. The summed E-state index contributed by atoms with van der Waals surface area (Å²) < 4.78 is 13.2. The molecule has 0 unspecified atom stereocenters. The molecule has 0 aliphatic carbocycles. The van der Waals surface area contributed by atoms with E-state index in [1.54, 1.807) is 13.3 Å². The Morgan fingerprint density at radius 3 is 3.11 bits per heavy atom. The number of aromatic amines is 1. The number of ether oxygens (including phenoxy) is 2. The molecule has 2 aromatic heterocycles. The van der Waals surface area contributed by atoms with Gasteiger partial charge in [0.2, 0.25) is 0 Å². The molecule has 1 aliphatic heterocycles. The lowest BCUT2D eigenvalue weighted by molar-refractivity contribution is 0.0391. The van der Waals surface area contributed by atoms with Crippen LogP contribution in [0.5, 0.6) is 5.75 Å². The molecule has 1 atom stereocenters. The topological polar surface area (TPSA) is 72.4 Å². The molecule has 0 spiro atoms. The SMILES string of the molecule is COc1ccc2[nH]c(=O)c(CN3CCCO[C@@H](Cn4cccn4)C3)cc2c1. The first-order valence-electron chi connectivity index (χ1n) is 9.22. The lowest BCUT2D eigenvalue weighted by Gasteiger charge is -2.23. The van der Waals surface area contributed by atoms with Crippen molar-refractivity contribution < 1.29 is 9.47 Å². The minimum atomic E-state index is -0.0403. The van der Waals surface area contributed by atoms with Gasteiger partial charge < -0.3 is 14.5 Å². The van der Waals surface area contributed by atoms with Crippen LogP contribution in [0.1, 0.15) is 12.0 Å². The highest BCUT2D eigenvalue weighted by Crippen LogP contribution is 2.19. The van der Waals surface area contributed by atoms with E-state index in [4.69, 9.17) is 9.47 Å². The standard InChI is InChI=1S/C20H24N4O3/c1-26-17-4-5-19-15(11-17)10-16(20(25)22-19)12-23-7-3-9-27-18(13-23)14-24-8-2-6-21-24/h2,4-6,8,10-11,18H,3,7,9,12-14H2,1H3,(H,22,25)/t18-/m1/s1. The lowest BCUT2D eigenvalue weighted by Crippen LogP contribution is -2.35. The van der Waals surface area contributed by atoms with Gasteiger partial charge in [-0.2, -0.15) is 5.10 Å². The van der Waals surface area contributed by atoms with Crippen molar-refractivity contribution >= 4 is 10.9 Å². The fourth-order valence-corrected chi connectivity index (χ4v) is 3.56. The molecule has 3 aromatic rings. The van der Waals surface area contributed by atoms with E-state index in [9.17, 15) is 4.79 Å². The van der Waals surface area contributed by atoms with Gasteiger partial charge in [-0.05, 0) is 36.8 Å². The summed E-state index contributed by atoms with van der Waals surface area (Å²) in [5, 5.41) is 5.24. The average molecular weight is 368 g/mol. The third kappa shape index (κ3) is 4.20. The number of methoxy groups -OCH3 is 1. The number of H-pyrrole nitrogens is 1. The Morgan fingerprint density at radius 1 is 1.37 bits per heavy atom. The molecule has 7 nitrogen and oxygen atoms in total. The van der Waals surface area contributed by atoms with Crippen LogP contribution >= 0.6 is 0 Å². The van der Waals surface area contributed by atoms with Crippen LogP contribution in [0.3, 0.4) is 0 Å². The summed E-state index contributed by atoms with van der Waals surface area (Å²) in [4.78, 5) is 17.8. The zero-order chi connectivity index (χ0) is 18.6. The van der Waals surface area contributed by atoms with Crippen LogP contribution in [-0.2, 0) is 17.8 Å². The van der Waals surface area contributed by atoms with Gasteiger partial charge in [0, 0.05) is 55.1 Å². The molecule has 1 fully saturated rings. The van der Waals surface area contributed by atoms with Gasteiger partial charge in [-0.1, -0.05) is 0 Å². The van der Waals surface area contributed by atoms with Crippen LogP contribution in [0, 0.1) is 0 Å². The van der Waals surface area contributed by atoms with Crippen LogP contribution in [0.15, 0.2) is 47.5 Å². The van der Waals surface area contributed by atoms with Gasteiger partial charge in [-0.25, -0.2) is 0 Å². The molecule has 0 saturated carbocycles. The van der Waals surface area contributed by atoms with Crippen LogP contribution in [-0.4, -0.2) is 52.6 Å². The average Bonchev–Trinajstić information content (AvgIpc) is 3.08. The van der Waals surface area contributed by atoms with E-state index in [0.717, 1.165) is 54.9 Å². The van der Waals surface area contributed by atoms with Gasteiger partial charge in [-0.3, -0.25) is 14.4 Å². The second-order valence-electron chi connectivity index (χ2n) is 6.89. The monoisotopic (exact) mass is 368 g/mol. The Bertz CT molecular complexity index is 952. The van der Waals surface area contributed by atoms with E-state index < -0.39 is 0 Å². The molecule has 27 heavy (non-hydrogen) atoms. The highest BCUT2D eigenvalue weighted by Gasteiger charge is 2.20. The first-order valence-corrected chi connectivity index (χ1v) is 9.22. The minimum Gasteiger partial charge on any atom is -0.497 e. The maximum absolute atomic E-state index is 12.5. The Balaban J connectivity index is 1.52. The molecule has 1 N–H and O–H groups in total. The number of nitrogens with one attached hydrogen (secondary N) is 1. The normalized spacial score (nSPS) is 18.5. The van der Waals surface area contributed by atoms with E-state index >= 15 is 0 Å². The van der Waals surface area contributed by atoms with Gasteiger partial charge >= 0.3 is 0 Å². The van der Waals surface area contributed by atoms with Gasteiger partial charge in [0.25, 0.3) is 5.56 Å². The largest absolute Gasteiger partial charge is 0.497 e. The third-order valence-corrected chi connectivity index (χ3v) is 4.91. The highest BCUT2D eigenvalue weighted by atomic mass is 16.5. The number of rotatable bonds is 5. The van der Waals surface area contributed by atoms with E-state index in [0.29, 0.717) is 6.54 Å². The fraction of sp³-hybridized carbons (Fsp3) is 0.400. The van der Waals surface area contributed by atoms with Crippen molar-refractivity contribution in [1.82, 2.24) is 19.7 Å². The number of aromatic nitrogens is 3. The lowest BCUT2D eigenvalue weighted by atomic mass is 10.1. The number of hydrogen-bond acceptors (Lipinski definition) is 5. The van der Waals surface area contributed by atoms with Gasteiger partial charge in [0.1, 0.15) is 5.75 Å². The third-order valence-electron chi connectivity index (χ3n) is 4.91. The Kier molecular flexibility index (Phi) is 5.22. The molecular formula is C20H24N4O3. The first kappa shape index (κ1) is 17.8. The fourth-order valence-electron chi connectivity index (χ4n) is 3.56. The van der Waals surface area contributed by atoms with Gasteiger partial charge in [0.05, 0.1) is 19.8 Å².